The second-order valence-corrected chi connectivity index (χ2v) is 5.35. The fourth-order valence-electron chi connectivity index (χ4n) is 1.88. The molecular formula is C12H18N2O2S. The molecule has 2 N–H and O–H groups in total. The van der Waals surface area contributed by atoms with Crippen LogP contribution in [-0.4, -0.2) is 28.8 Å². The highest BCUT2D eigenvalue weighted by Crippen LogP contribution is 2.17. The van der Waals surface area contributed by atoms with Crippen LogP contribution in [0.3, 0.4) is 0 Å². The number of thioether (sulfide) groups is 1. The van der Waals surface area contributed by atoms with Gasteiger partial charge in [0.1, 0.15) is 0 Å². The molecule has 1 aliphatic rings. The van der Waals surface area contributed by atoms with Gasteiger partial charge in [-0.1, -0.05) is 0 Å². The molecule has 5 heteroatoms. The van der Waals surface area contributed by atoms with Crippen LogP contribution < -0.4 is 11.3 Å². The van der Waals surface area contributed by atoms with Gasteiger partial charge in [0.25, 0.3) is 5.56 Å². The molecule has 2 heterocycles. The zero-order valence-corrected chi connectivity index (χ0v) is 10.6. The largest absolute Gasteiger partial charge is 0.398 e. The van der Waals surface area contributed by atoms with Crippen molar-refractivity contribution in [1.29, 1.82) is 0 Å². The lowest BCUT2D eigenvalue weighted by Gasteiger charge is -2.09. The Morgan fingerprint density at radius 2 is 2.41 bits per heavy atom. The highest BCUT2D eigenvalue weighted by molar-refractivity contribution is 7.99. The molecular weight excluding hydrogens is 236 g/mol. The SMILES string of the molecule is Nc1ccc(=O)n(CCSCC2CCCO2)c1. The lowest BCUT2D eigenvalue weighted by atomic mass is 10.3. The molecule has 0 saturated carbocycles. The summed E-state index contributed by atoms with van der Waals surface area (Å²) in [5.41, 5.74) is 6.29. The molecule has 1 aromatic heterocycles. The van der Waals surface area contributed by atoms with E-state index >= 15 is 0 Å². The van der Waals surface area contributed by atoms with Crippen molar-refractivity contribution in [3.63, 3.8) is 0 Å². The van der Waals surface area contributed by atoms with E-state index < -0.39 is 0 Å². The minimum Gasteiger partial charge on any atom is -0.398 e. The van der Waals surface area contributed by atoms with Crippen LogP contribution in [0.15, 0.2) is 23.1 Å². The molecule has 0 aromatic carbocycles. The van der Waals surface area contributed by atoms with E-state index in [9.17, 15) is 4.79 Å². The van der Waals surface area contributed by atoms with Crippen LogP contribution in [-0.2, 0) is 11.3 Å². The summed E-state index contributed by atoms with van der Waals surface area (Å²) >= 11 is 1.83. The molecule has 2 rings (SSSR count). The number of nitrogens with zero attached hydrogens (tertiary/aromatic N) is 1. The molecule has 4 nitrogen and oxygen atoms in total. The molecule has 1 aliphatic heterocycles. The van der Waals surface area contributed by atoms with Crippen LogP contribution in [0.2, 0.25) is 0 Å². The average molecular weight is 254 g/mol. The van der Waals surface area contributed by atoms with Crippen molar-refractivity contribution >= 4 is 17.4 Å². The van der Waals surface area contributed by atoms with Crippen LogP contribution in [0, 0.1) is 0 Å². The lowest BCUT2D eigenvalue weighted by Crippen LogP contribution is -2.20. The van der Waals surface area contributed by atoms with Gasteiger partial charge in [0.05, 0.1) is 6.10 Å². The van der Waals surface area contributed by atoms with Gasteiger partial charge in [-0.15, -0.1) is 0 Å². The Hall–Kier alpha value is -0.940. The van der Waals surface area contributed by atoms with Gasteiger partial charge in [0, 0.05) is 42.6 Å². The zero-order valence-electron chi connectivity index (χ0n) is 9.80. The van der Waals surface area contributed by atoms with Crippen LogP contribution in [0.4, 0.5) is 5.69 Å². The predicted molar refractivity (Wildman–Crippen MR) is 71.4 cm³/mol. The topological polar surface area (TPSA) is 57.2 Å². The smallest absolute Gasteiger partial charge is 0.250 e. The maximum atomic E-state index is 11.5. The minimum absolute atomic E-state index is 0.0110. The highest BCUT2D eigenvalue weighted by atomic mass is 32.2. The Labute approximate surface area is 105 Å². The number of nitrogen functional groups attached to an aromatic ring is 1. The maximum absolute atomic E-state index is 11.5. The van der Waals surface area contributed by atoms with Gasteiger partial charge in [-0.05, 0) is 18.9 Å². The number of aromatic nitrogens is 1. The number of anilines is 1. The summed E-state index contributed by atoms with van der Waals surface area (Å²) in [6.07, 6.45) is 4.47. The number of pyridine rings is 1. The normalized spacial score (nSPS) is 19.6. The van der Waals surface area contributed by atoms with E-state index in [-0.39, 0.29) is 5.56 Å². The molecule has 1 saturated heterocycles. The quantitative estimate of drug-likeness (QED) is 0.806. The molecule has 1 fully saturated rings. The van der Waals surface area contributed by atoms with Crippen molar-refractivity contribution < 1.29 is 4.74 Å². The number of nitrogens with two attached hydrogens (primary N) is 1. The van der Waals surface area contributed by atoms with Crippen LogP contribution in [0.25, 0.3) is 0 Å². The van der Waals surface area contributed by atoms with E-state index in [1.165, 1.54) is 18.9 Å². The maximum Gasteiger partial charge on any atom is 0.250 e. The Kier molecular flexibility index (Phi) is 4.50. The predicted octanol–water partition coefficient (Wildman–Crippen LogP) is 1.34. The van der Waals surface area contributed by atoms with Crippen molar-refractivity contribution in [1.82, 2.24) is 4.57 Å². The van der Waals surface area contributed by atoms with Crippen molar-refractivity contribution in [2.24, 2.45) is 0 Å². The van der Waals surface area contributed by atoms with Gasteiger partial charge in [-0.3, -0.25) is 4.79 Å². The Bertz CT molecular complexity index is 413. The van der Waals surface area contributed by atoms with Crippen molar-refractivity contribution in [2.75, 3.05) is 23.8 Å². The van der Waals surface area contributed by atoms with Gasteiger partial charge in [-0.2, -0.15) is 11.8 Å². The monoisotopic (exact) mass is 254 g/mol. The van der Waals surface area contributed by atoms with Gasteiger partial charge < -0.3 is 15.0 Å². The van der Waals surface area contributed by atoms with E-state index in [4.69, 9.17) is 10.5 Å². The molecule has 0 spiro atoms. The zero-order chi connectivity index (χ0) is 12.1. The standard InChI is InChI=1S/C12H18N2O2S/c13-10-3-4-12(15)14(8-10)5-7-17-9-11-2-1-6-16-11/h3-4,8,11H,1-2,5-7,9,13H2. The summed E-state index contributed by atoms with van der Waals surface area (Å²) in [6.45, 7) is 1.61. The Morgan fingerprint density at radius 1 is 1.53 bits per heavy atom. The number of aryl methyl sites for hydroxylation is 1. The summed E-state index contributed by atoms with van der Waals surface area (Å²) in [5, 5.41) is 0. The molecule has 0 amide bonds. The fourth-order valence-corrected chi connectivity index (χ4v) is 2.90. The first kappa shape index (κ1) is 12.5. The minimum atomic E-state index is 0.0110. The number of ether oxygens (including phenoxy) is 1. The second-order valence-electron chi connectivity index (χ2n) is 4.20. The third kappa shape index (κ3) is 3.78. The van der Waals surface area contributed by atoms with E-state index in [0.29, 0.717) is 18.3 Å². The van der Waals surface area contributed by atoms with Gasteiger partial charge >= 0.3 is 0 Å². The molecule has 17 heavy (non-hydrogen) atoms. The molecule has 0 aliphatic carbocycles. The van der Waals surface area contributed by atoms with Crippen LogP contribution in [0.1, 0.15) is 12.8 Å². The van der Waals surface area contributed by atoms with Crippen molar-refractivity contribution in [3.8, 4) is 0 Å². The summed E-state index contributed by atoms with van der Waals surface area (Å²) in [6, 6.07) is 3.15. The van der Waals surface area contributed by atoms with Crippen molar-refractivity contribution in [3.05, 3.63) is 28.7 Å². The molecule has 0 radical (unpaired) electrons. The molecule has 0 bridgehead atoms. The van der Waals surface area contributed by atoms with Crippen LogP contribution in [0.5, 0.6) is 0 Å². The second kappa shape index (κ2) is 6.12. The summed E-state index contributed by atoms with van der Waals surface area (Å²) in [7, 11) is 0. The van der Waals surface area contributed by atoms with E-state index in [2.05, 4.69) is 0 Å². The van der Waals surface area contributed by atoms with E-state index in [1.807, 2.05) is 11.8 Å². The van der Waals surface area contributed by atoms with Crippen LogP contribution >= 0.6 is 11.8 Å². The summed E-state index contributed by atoms with van der Waals surface area (Å²) < 4.78 is 7.20. The fraction of sp³-hybridized carbons (Fsp3) is 0.583. The first-order chi connectivity index (χ1) is 8.25. The number of hydrogen-bond acceptors (Lipinski definition) is 4. The lowest BCUT2D eigenvalue weighted by molar-refractivity contribution is 0.129. The molecule has 94 valence electrons. The summed E-state index contributed by atoms with van der Waals surface area (Å²) in [4.78, 5) is 11.5. The van der Waals surface area contributed by atoms with Gasteiger partial charge in [0.15, 0.2) is 0 Å². The third-order valence-corrected chi connectivity index (χ3v) is 3.89. The Balaban J connectivity index is 1.74. The first-order valence-corrected chi connectivity index (χ1v) is 7.06. The molecule has 1 unspecified atom stereocenters. The Morgan fingerprint density at radius 3 is 3.18 bits per heavy atom. The molecule has 1 aromatic rings. The summed E-state index contributed by atoms with van der Waals surface area (Å²) in [5.74, 6) is 1.94. The number of rotatable bonds is 5. The number of hydrogen-bond donors (Lipinski definition) is 1. The molecule has 1 atom stereocenters. The van der Waals surface area contributed by atoms with E-state index in [0.717, 1.165) is 18.1 Å². The first-order valence-electron chi connectivity index (χ1n) is 5.91. The van der Waals surface area contributed by atoms with Crippen molar-refractivity contribution in [2.45, 2.75) is 25.5 Å². The average Bonchev–Trinajstić information content (AvgIpc) is 2.82. The van der Waals surface area contributed by atoms with E-state index in [1.54, 1.807) is 16.8 Å². The highest BCUT2D eigenvalue weighted by Gasteiger charge is 2.14. The van der Waals surface area contributed by atoms with Gasteiger partial charge in [-0.25, -0.2) is 0 Å². The van der Waals surface area contributed by atoms with Gasteiger partial charge in [0.2, 0.25) is 0 Å². The third-order valence-electron chi connectivity index (χ3n) is 2.81.